The fourth-order valence-corrected chi connectivity index (χ4v) is 2.54. The molecule has 1 aliphatic rings. The van der Waals surface area contributed by atoms with Crippen LogP contribution in [0.15, 0.2) is 18.2 Å². The lowest BCUT2D eigenvalue weighted by Gasteiger charge is -2.31. The Balaban J connectivity index is 2.15. The van der Waals surface area contributed by atoms with Crippen molar-refractivity contribution in [1.82, 2.24) is 4.90 Å². The van der Waals surface area contributed by atoms with E-state index in [1.807, 2.05) is 0 Å². The normalized spacial score (nSPS) is 16.5. The van der Waals surface area contributed by atoms with E-state index in [4.69, 9.17) is 11.6 Å². The lowest BCUT2D eigenvalue weighted by atomic mass is 9.93. The van der Waals surface area contributed by atoms with Crippen LogP contribution in [0.3, 0.4) is 0 Å². The molecular weight excluding hydrogens is 269 g/mol. The third-order valence-electron chi connectivity index (χ3n) is 3.56. The fraction of sp³-hybridized carbons (Fsp3) is 0.429. The quantitative estimate of drug-likeness (QED) is 0.836. The number of nitrogens with zero attached hydrogens (tertiary/aromatic N) is 1. The van der Waals surface area contributed by atoms with Crippen molar-refractivity contribution < 1.29 is 14.0 Å². The second-order valence-electron chi connectivity index (χ2n) is 4.79. The van der Waals surface area contributed by atoms with Gasteiger partial charge in [0, 0.05) is 25.9 Å². The van der Waals surface area contributed by atoms with Gasteiger partial charge in [-0.15, -0.1) is 0 Å². The average Bonchev–Trinajstić information content (AvgIpc) is 2.41. The first-order chi connectivity index (χ1) is 9.00. The molecule has 0 heterocycles. The predicted octanol–water partition coefficient (Wildman–Crippen LogP) is 3.06. The second kappa shape index (κ2) is 5.70. The summed E-state index contributed by atoms with van der Waals surface area (Å²) in [4.78, 5) is 25.0. The van der Waals surface area contributed by atoms with Gasteiger partial charge >= 0.3 is 0 Å². The van der Waals surface area contributed by atoms with E-state index in [1.165, 1.54) is 18.2 Å². The maximum absolute atomic E-state index is 13.3. The monoisotopic (exact) mass is 283 g/mol. The number of carbonyl (C=O) groups is 2. The molecule has 1 amide bonds. The number of amides is 1. The number of halogens is 2. The number of Topliss-reactive ketones (excluding diaryl/α,β-unsaturated/α-hetero) is 1. The predicted molar refractivity (Wildman–Crippen MR) is 70.8 cm³/mol. The van der Waals surface area contributed by atoms with Gasteiger partial charge in [-0.3, -0.25) is 9.59 Å². The second-order valence-corrected chi connectivity index (χ2v) is 5.17. The van der Waals surface area contributed by atoms with Crippen molar-refractivity contribution in [1.29, 1.82) is 0 Å². The van der Waals surface area contributed by atoms with E-state index in [1.54, 1.807) is 11.9 Å². The van der Waals surface area contributed by atoms with Crippen LogP contribution in [0.5, 0.6) is 0 Å². The van der Waals surface area contributed by atoms with Crippen molar-refractivity contribution in [3.63, 3.8) is 0 Å². The van der Waals surface area contributed by atoms with Gasteiger partial charge in [-0.05, 0) is 25.0 Å². The Kier molecular flexibility index (Phi) is 4.20. The molecule has 1 aromatic rings. The highest BCUT2D eigenvalue weighted by Gasteiger charge is 2.27. The molecule has 1 saturated carbocycles. The summed E-state index contributed by atoms with van der Waals surface area (Å²) >= 11 is 5.82. The lowest BCUT2D eigenvalue weighted by Crippen LogP contribution is -2.39. The number of benzene rings is 1. The topological polar surface area (TPSA) is 37.4 Å². The number of rotatable bonds is 2. The molecule has 5 heteroatoms. The highest BCUT2D eigenvalue weighted by molar-refractivity contribution is 6.34. The summed E-state index contributed by atoms with van der Waals surface area (Å²) in [5.41, 5.74) is 0.168. The molecule has 0 radical (unpaired) electrons. The molecule has 0 aliphatic heterocycles. The van der Waals surface area contributed by atoms with E-state index < -0.39 is 5.82 Å². The molecule has 1 fully saturated rings. The maximum atomic E-state index is 13.3. The fourth-order valence-electron chi connectivity index (χ4n) is 2.34. The van der Waals surface area contributed by atoms with Gasteiger partial charge in [-0.2, -0.15) is 0 Å². The summed E-state index contributed by atoms with van der Waals surface area (Å²) in [5, 5.41) is -0.147. The molecule has 0 unspecified atom stereocenters. The molecule has 3 nitrogen and oxygen atoms in total. The molecule has 0 N–H and O–H groups in total. The highest BCUT2D eigenvalue weighted by Crippen LogP contribution is 2.25. The Morgan fingerprint density at radius 3 is 2.63 bits per heavy atom. The standard InChI is InChI=1S/C14H15ClFNO2/c1-17(9-5-7-10(18)8-6-9)14(19)11-3-2-4-12(16)13(11)15/h2-4,9H,5-8H2,1H3. The SMILES string of the molecule is CN(C(=O)c1cccc(F)c1Cl)C1CCC(=O)CC1. The largest absolute Gasteiger partial charge is 0.339 e. The van der Waals surface area contributed by atoms with Gasteiger partial charge in [0.1, 0.15) is 11.6 Å². The van der Waals surface area contributed by atoms with Crippen LogP contribution in [0.1, 0.15) is 36.0 Å². The van der Waals surface area contributed by atoms with Crippen molar-refractivity contribution in [2.75, 3.05) is 7.05 Å². The van der Waals surface area contributed by atoms with E-state index >= 15 is 0 Å². The number of hydrogen-bond donors (Lipinski definition) is 0. The summed E-state index contributed by atoms with van der Waals surface area (Å²) in [5.74, 6) is -0.663. The van der Waals surface area contributed by atoms with Crippen molar-refractivity contribution in [3.05, 3.63) is 34.6 Å². The zero-order chi connectivity index (χ0) is 14.0. The Labute approximate surface area is 116 Å². The summed E-state index contributed by atoms with van der Waals surface area (Å²) in [6.45, 7) is 0. The molecule has 0 atom stereocenters. The van der Waals surface area contributed by atoms with E-state index in [2.05, 4.69) is 0 Å². The van der Waals surface area contributed by atoms with E-state index in [0.717, 1.165) is 0 Å². The smallest absolute Gasteiger partial charge is 0.255 e. The molecule has 0 spiro atoms. The van der Waals surface area contributed by atoms with Crippen LogP contribution in [0, 0.1) is 5.82 Å². The van der Waals surface area contributed by atoms with Crippen LogP contribution >= 0.6 is 11.6 Å². The van der Waals surface area contributed by atoms with Gasteiger partial charge < -0.3 is 4.90 Å². The minimum absolute atomic E-state index is 0.0181. The van der Waals surface area contributed by atoms with Crippen LogP contribution in [0.25, 0.3) is 0 Å². The average molecular weight is 284 g/mol. The molecule has 2 rings (SSSR count). The zero-order valence-electron chi connectivity index (χ0n) is 10.7. The summed E-state index contributed by atoms with van der Waals surface area (Å²) < 4.78 is 13.3. The first-order valence-electron chi connectivity index (χ1n) is 6.23. The van der Waals surface area contributed by atoms with Gasteiger partial charge in [0.05, 0.1) is 10.6 Å². The number of ketones is 1. The number of hydrogen-bond acceptors (Lipinski definition) is 2. The Morgan fingerprint density at radius 1 is 1.37 bits per heavy atom. The minimum atomic E-state index is -0.597. The molecule has 0 aromatic heterocycles. The summed E-state index contributed by atoms with van der Waals surface area (Å²) in [6.07, 6.45) is 2.32. The van der Waals surface area contributed by atoms with E-state index in [9.17, 15) is 14.0 Å². The zero-order valence-corrected chi connectivity index (χ0v) is 11.4. The Bertz CT molecular complexity index is 508. The molecule has 1 aliphatic carbocycles. The van der Waals surface area contributed by atoms with Crippen LogP contribution in [0.4, 0.5) is 4.39 Å². The third kappa shape index (κ3) is 2.95. The van der Waals surface area contributed by atoms with Gasteiger partial charge in [0.15, 0.2) is 0 Å². The number of carbonyl (C=O) groups excluding carboxylic acids is 2. The first-order valence-corrected chi connectivity index (χ1v) is 6.61. The third-order valence-corrected chi connectivity index (χ3v) is 3.95. The van der Waals surface area contributed by atoms with Crippen molar-refractivity contribution >= 4 is 23.3 Å². The minimum Gasteiger partial charge on any atom is -0.339 e. The van der Waals surface area contributed by atoms with Crippen molar-refractivity contribution in [2.24, 2.45) is 0 Å². The summed E-state index contributed by atoms with van der Waals surface area (Å²) in [7, 11) is 1.67. The van der Waals surface area contributed by atoms with E-state index in [0.29, 0.717) is 25.7 Å². The molecule has 19 heavy (non-hydrogen) atoms. The van der Waals surface area contributed by atoms with Crippen molar-refractivity contribution in [3.8, 4) is 0 Å². The Morgan fingerprint density at radius 2 is 2.00 bits per heavy atom. The van der Waals surface area contributed by atoms with Gasteiger partial charge in [0.25, 0.3) is 5.91 Å². The summed E-state index contributed by atoms with van der Waals surface area (Å²) in [6, 6.07) is 4.22. The van der Waals surface area contributed by atoms with Crippen LogP contribution in [-0.4, -0.2) is 29.7 Å². The maximum Gasteiger partial charge on any atom is 0.255 e. The molecule has 0 saturated heterocycles. The molecular formula is C14H15ClFNO2. The van der Waals surface area contributed by atoms with Gasteiger partial charge in [-0.1, -0.05) is 17.7 Å². The van der Waals surface area contributed by atoms with Crippen LogP contribution < -0.4 is 0 Å². The first kappa shape index (κ1) is 14.0. The van der Waals surface area contributed by atoms with Gasteiger partial charge in [0.2, 0.25) is 0 Å². The lowest BCUT2D eigenvalue weighted by molar-refractivity contribution is -0.121. The highest BCUT2D eigenvalue weighted by atomic mass is 35.5. The van der Waals surface area contributed by atoms with Crippen molar-refractivity contribution in [2.45, 2.75) is 31.7 Å². The van der Waals surface area contributed by atoms with Crippen LogP contribution in [0.2, 0.25) is 5.02 Å². The van der Waals surface area contributed by atoms with Crippen LogP contribution in [-0.2, 0) is 4.79 Å². The Hall–Kier alpha value is -1.42. The molecule has 102 valence electrons. The van der Waals surface area contributed by atoms with Gasteiger partial charge in [-0.25, -0.2) is 4.39 Å². The molecule has 1 aromatic carbocycles. The van der Waals surface area contributed by atoms with E-state index in [-0.39, 0.29) is 28.3 Å². The molecule has 0 bridgehead atoms.